The Bertz CT molecular complexity index is 1170. The molecule has 1 fully saturated rings. The van der Waals surface area contributed by atoms with Gasteiger partial charge in [-0.05, 0) is 69.2 Å². The van der Waals surface area contributed by atoms with E-state index in [2.05, 4.69) is 14.9 Å². The van der Waals surface area contributed by atoms with E-state index in [1.807, 2.05) is 37.1 Å². The number of hydrogen-bond acceptors (Lipinski definition) is 5. The molecule has 0 radical (unpaired) electrons. The van der Waals surface area contributed by atoms with E-state index in [0.29, 0.717) is 24.3 Å². The third-order valence-electron chi connectivity index (χ3n) is 6.80. The number of piperidine rings is 1. The van der Waals surface area contributed by atoms with Crippen LogP contribution in [0.3, 0.4) is 0 Å². The molecule has 3 N–H and O–H groups in total. The van der Waals surface area contributed by atoms with Crippen LogP contribution in [0.2, 0.25) is 0 Å². The molecule has 1 aliphatic rings. The second kappa shape index (κ2) is 11.3. The largest absolute Gasteiger partial charge is 0.366 e. The number of H-pyrrole nitrogens is 1. The van der Waals surface area contributed by atoms with Crippen LogP contribution >= 0.6 is 0 Å². The van der Waals surface area contributed by atoms with Gasteiger partial charge in [0.05, 0.1) is 12.0 Å². The molecule has 1 saturated heterocycles. The zero-order chi connectivity index (χ0) is 25.7. The number of nitrogens with zero attached hydrogens (tertiary/aromatic N) is 4. The van der Waals surface area contributed by atoms with E-state index in [-0.39, 0.29) is 17.5 Å². The monoisotopic (exact) mass is 492 g/mol. The summed E-state index contributed by atoms with van der Waals surface area (Å²) in [5.41, 5.74) is 8.47. The Morgan fingerprint density at radius 3 is 2.33 bits per heavy atom. The molecule has 2 heterocycles. The number of nitrogens with one attached hydrogen (secondary N) is 1. The van der Waals surface area contributed by atoms with Gasteiger partial charge in [0.2, 0.25) is 5.91 Å². The number of aromatic amines is 1. The van der Waals surface area contributed by atoms with Crippen LogP contribution in [0.5, 0.6) is 0 Å². The molecule has 3 aromatic rings. The lowest BCUT2D eigenvalue weighted by atomic mass is 9.99. The number of carbonyl (C=O) groups is 2. The number of nitrogens with two attached hydrogens (primary N) is 1. The highest BCUT2D eigenvalue weighted by Gasteiger charge is 2.29. The molecule has 0 saturated carbocycles. The summed E-state index contributed by atoms with van der Waals surface area (Å²) < 4.78 is 15.2. The molecule has 1 aliphatic heterocycles. The summed E-state index contributed by atoms with van der Waals surface area (Å²) in [6.07, 6.45) is 5.10. The number of primary amides is 1. The quantitative estimate of drug-likeness (QED) is 0.472. The molecule has 8 nitrogen and oxygen atoms in total. The van der Waals surface area contributed by atoms with Crippen molar-refractivity contribution >= 4 is 23.2 Å². The first-order chi connectivity index (χ1) is 17.4. The molecule has 0 atom stereocenters. The van der Waals surface area contributed by atoms with Crippen molar-refractivity contribution in [1.29, 1.82) is 0 Å². The summed E-state index contributed by atoms with van der Waals surface area (Å²) in [6, 6.07) is 11.5. The fourth-order valence-electron chi connectivity index (χ4n) is 4.80. The predicted octanol–water partition coefficient (Wildman–Crippen LogP) is 3.93. The van der Waals surface area contributed by atoms with Crippen LogP contribution in [0.4, 0.5) is 15.8 Å². The van der Waals surface area contributed by atoms with Gasteiger partial charge < -0.3 is 20.5 Å². The van der Waals surface area contributed by atoms with Gasteiger partial charge in [0, 0.05) is 67.5 Å². The third kappa shape index (κ3) is 5.57. The Kier molecular flexibility index (Phi) is 8.00. The van der Waals surface area contributed by atoms with Crippen molar-refractivity contribution in [3.05, 3.63) is 77.6 Å². The first kappa shape index (κ1) is 25.4. The van der Waals surface area contributed by atoms with E-state index >= 15 is 4.39 Å². The van der Waals surface area contributed by atoms with Crippen molar-refractivity contribution in [2.45, 2.75) is 39.3 Å². The molecule has 36 heavy (non-hydrogen) atoms. The molecule has 1 aromatic heterocycles. The highest BCUT2D eigenvalue weighted by atomic mass is 19.1. The third-order valence-corrected chi connectivity index (χ3v) is 6.80. The van der Waals surface area contributed by atoms with E-state index < -0.39 is 11.7 Å². The lowest BCUT2D eigenvalue weighted by Crippen LogP contribution is -2.43. The smallest absolute Gasteiger partial charge is 0.253 e. The van der Waals surface area contributed by atoms with Gasteiger partial charge in [-0.3, -0.25) is 14.5 Å². The van der Waals surface area contributed by atoms with Crippen molar-refractivity contribution in [2.24, 2.45) is 5.73 Å². The van der Waals surface area contributed by atoms with Crippen LogP contribution < -0.4 is 10.6 Å². The number of benzene rings is 2. The van der Waals surface area contributed by atoms with Gasteiger partial charge in [-0.15, -0.1) is 0 Å². The Hall–Kier alpha value is -3.72. The maximum absolute atomic E-state index is 15.2. The minimum atomic E-state index is -0.606. The van der Waals surface area contributed by atoms with Crippen molar-refractivity contribution in [3.63, 3.8) is 0 Å². The van der Waals surface area contributed by atoms with Gasteiger partial charge in [0.25, 0.3) is 5.91 Å². The van der Waals surface area contributed by atoms with E-state index in [4.69, 9.17) is 5.73 Å². The van der Waals surface area contributed by atoms with Crippen LogP contribution in [0.1, 0.15) is 53.1 Å². The molecule has 0 spiro atoms. The number of likely N-dealkylation sites (tertiary alicyclic amines) is 1. The van der Waals surface area contributed by atoms with E-state index in [9.17, 15) is 9.59 Å². The lowest BCUT2D eigenvalue weighted by molar-refractivity contribution is 0.0772. The Labute approximate surface area is 210 Å². The average molecular weight is 493 g/mol. The van der Waals surface area contributed by atoms with Gasteiger partial charge in [-0.25, -0.2) is 9.37 Å². The average Bonchev–Trinajstić information content (AvgIpc) is 3.40. The number of hydrogen-bond donors (Lipinski definition) is 2. The van der Waals surface area contributed by atoms with Gasteiger partial charge in [0.1, 0.15) is 5.82 Å². The molecular weight excluding hydrogens is 459 g/mol. The minimum absolute atomic E-state index is 0.00461. The van der Waals surface area contributed by atoms with Crippen molar-refractivity contribution in [1.82, 2.24) is 19.8 Å². The van der Waals surface area contributed by atoms with Gasteiger partial charge >= 0.3 is 0 Å². The Balaban J connectivity index is 1.63. The van der Waals surface area contributed by atoms with Crippen LogP contribution in [-0.4, -0.2) is 63.8 Å². The molecule has 0 unspecified atom stereocenters. The fraction of sp³-hybridized carbons (Fsp3) is 0.370. The standard InChI is InChI=1S/C27H33FN6O2/c1-3-33(4-2)27(36)19-5-8-22(9-6-19)34(25-15-20(26(29)35)7-10-24(25)28)23-11-13-32(14-12-23)17-21-16-30-18-31-21/h5-10,15-16,18,23H,3-4,11-14,17H2,1-2H3,(H2,29,35)(H,30,31). The van der Waals surface area contributed by atoms with Crippen molar-refractivity contribution in [2.75, 3.05) is 31.1 Å². The molecule has 9 heteroatoms. The van der Waals surface area contributed by atoms with E-state index in [0.717, 1.165) is 43.9 Å². The molecule has 0 aliphatic carbocycles. The van der Waals surface area contributed by atoms with Crippen molar-refractivity contribution < 1.29 is 14.0 Å². The van der Waals surface area contributed by atoms with Crippen molar-refractivity contribution in [3.8, 4) is 0 Å². The number of imidazole rings is 1. The van der Waals surface area contributed by atoms with Crippen LogP contribution in [-0.2, 0) is 6.54 Å². The topological polar surface area (TPSA) is 98.6 Å². The van der Waals surface area contributed by atoms with E-state index in [1.165, 1.54) is 18.2 Å². The van der Waals surface area contributed by atoms with Gasteiger partial charge in [-0.2, -0.15) is 0 Å². The molecule has 190 valence electrons. The van der Waals surface area contributed by atoms with Gasteiger partial charge in [0.15, 0.2) is 0 Å². The Morgan fingerprint density at radius 2 is 1.75 bits per heavy atom. The summed E-state index contributed by atoms with van der Waals surface area (Å²) in [6.45, 7) is 7.60. The zero-order valence-corrected chi connectivity index (χ0v) is 20.8. The summed E-state index contributed by atoms with van der Waals surface area (Å²) in [5.74, 6) is -1.07. The SMILES string of the molecule is CCN(CC)C(=O)c1ccc(N(c2cc(C(N)=O)ccc2F)C2CCN(Cc3cnc[nH]3)CC2)cc1. The first-order valence-electron chi connectivity index (χ1n) is 12.4. The summed E-state index contributed by atoms with van der Waals surface area (Å²) in [5, 5.41) is 0. The molecule has 0 bridgehead atoms. The zero-order valence-electron chi connectivity index (χ0n) is 20.8. The van der Waals surface area contributed by atoms with Crippen LogP contribution in [0.25, 0.3) is 0 Å². The second-order valence-corrected chi connectivity index (χ2v) is 9.01. The number of aromatic nitrogens is 2. The van der Waals surface area contributed by atoms with Crippen LogP contribution in [0.15, 0.2) is 55.0 Å². The van der Waals surface area contributed by atoms with Gasteiger partial charge in [-0.1, -0.05) is 0 Å². The summed E-state index contributed by atoms with van der Waals surface area (Å²) in [4.78, 5) is 37.9. The second-order valence-electron chi connectivity index (χ2n) is 9.01. The maximum Gasteiger partial charge on any atom is 0.253 e. The normalized spacial score (nSPS) is 14.5. The predicted molar refractivity (Wildman–Crippen MR) is 138 cm³/mol. The minimum Gasteiger partial charge on any atom is -0.366 e. The maximum atomic E-state index is 15.2. The number of amides is 2. The number of rotatable bonds is 9. The number of halogens is 1. The summed E-state index contributed by atoms with van der Waals surface area (Å²) in [7, 11) is 0. The molecule has 2 amide bonds. The number of anilines is 2. The Morgan fingerprint density at radius 1 is 1.08 bits per heavy atom. The lowest BCUT2D eigenvalue weighted by Gasteiger charge is -2.40. The molecule has 4 rings (SSSR count). The highest BCUT2D eigenvalue weighted by Crippen LogP contribution is 2.35. The van der Waals surface area contributed by atoms with E-state index in [1.54, 1.807) is 23.4 Å². The molecular formula is C27H33FN6O2. The fourth-order valence-corrected chi connectivity index (χ4v) is 4.80. The first-order valence-corrected chi connectivity index (χ1v) is 12.4. The highest BCUT2D eigenvalue weighted by molar-refractivity contribution is 5.95. The van der Waals surface area contributed by atoms with Crippen LogP contribution in [0, 0.1) is 5.82 Å². The number of carbonyl (C=O) groups excluding carboxylic acids is 2. The summed E-state index contributed by atoms with van der Waals surface area (Å²) >= 11 is 0. The molecule has 2 aromatic carbocycles.